The van der Waals surface area contributed by atoms with E-state index < -0.39 is 0 Å². The van der Waals surface area contributed by atoms with Crippen molar-refractivity contribution in [1.82, 2.24) is 0 Å². The van der Waals surface area contributed by atoms with Gasteiger partial charge < -0.3 is 4.74 Å². The first-order valence-corrected chi connectivity index (χ1v) is 6.19. The Morgan fingerprint density at radius 1 is 1.44 bits per heavy atom. The molecule has 1 fully saturated rings. The van der Waals surface area contributed by atoms with E-state index in [0.717, 1.165) is 40.6 Å². The second-order valence-corrected chi connectivity index (χ2v) is 5.17. The van der Waals surface area contributed by atoms with Crippen LogP contribution in [0.4, 0.5) is 0 Å². The molecule has 0 bridgehead atoms. The lowest BCUT2D eigenvalue weighted by molar-refractivity contribution is 0.305. The van der Waals surface area contributed by atoms with Crippen molar-refractivity contribution in [2.75, 3.05) is 7.11 Å². The van der Waals surface area contributed by atoms with Crippen LogP contribution in [0.5, 0.6) is 5.75 Å². The highest BCUT2D eigenvalue weighted by Gasteiger charge is 2.42. The molecule has 16 heavy (non-hydrogen) atoms. The van der Waals surface area contributed by atoms with Gasteiger partial charge in [-0.2, -0.15) is 5.26 Å². The SMILES string of the molecule is COc1c(C)ccc(Br)c1C1(C#N)CCC1. The van der Waals surface area contributed by atoms with E-state index in [1.165, 1.54) is 0 Å². The standard InChI is InChI=1S/C13H14BrNO/c1-9-4-5-10(14)11(12(9)16-2)13(8-15)6-3-7-13/h4-5H,3,6-7H2,1-2H3. The largest absolute Gasteiger partial charge is 0.496 e. The molecule has 0 saturated heterocycles. The molecule has 84 valence electrons. The number of hydrogen-bond acceptors (Lipinski definition) is 2. The van der Waals surface area contributed by atoms with Gasteiger partial charge in [-0.25, -0.2) is 0 Å². The maximum Gasteiger partial charge on any atom is 0.127 e. The molecule has 0 radical (unpaired) electrons. The quantitative estimate of drug-likeness (QED) is 0.827. The Bertz CT molecular complexity index is 458. The zero-order valence-electron chi connectivity index (χ0n) is 9.51. The third-order valence-corrected chi connectivity index (χ3v) is 4.07. The van der Waals surface area contributed by atoms with E-state index in [1.807, 2.05) is 19.1 Å². The predicted molar refractivity (Wildman–Crippen MR) is 66.6 cm³/mol. The van der Waals surface area contributed by atoms with Gasteiger partial charge in [0, 0.05) is 10.0 Å². The molecule has 2 nitrogen and oxygen atoms in total. The van der Waals surface area contributed by atoms with E-state index in [9.17, 15) is 5.26 Å². The van der Waals surface area contributed by atoms with Crippen molar-refractivity contribution < 1.29 is 4.74 Å². The van der Waals surface area contributed by atoms with Crippen molar-refractivity contribution in [2.45, 2.75) is 31.6 Å². The van der Waals surface area contributed by atoms with Gasteiger partial charge in [0.25, 0.3) is 0 Å². The van der Waals surface area contributed by atoms with Crippen molar-refractivity contribution in [3.8, 4) is 11.8 Å². The smallest absolute Gasteiger partial charge is 0.127 e. The number of nitriles is 1. The summed E-state index contributed by atoms with van der Waals surface area (Å²) in [6.45, 7) is 2.01. The molecule has 2 rings (SSSR count). The number of rotatable bonds is 2. The van der Waals surface area contributed by atoms with Gasteiger partial charge >= 0.3 is 0 Å². The Morgan fingerprint density at radius 2 is 2.12 bits per heavy atom. The molecule has 0 N–H and O–H groups in total. The van der Waals surface area contributed by atoms with Crippen LogP contribution in [0, 0.1) is 18.3 Å². The van der Waals surface area contributed by atoms with E-state index in [0.29, 0.717) is 0 Å². The van der Waals surface area contributed by atoms with Crippen molar-refractivity contribution in [3.05, 3.63) is 27.7 Å². The third-order valence-electron chi connectivity index (χ3n) is 3.41. The predicted octanol–water partition coefficient (Wildman–Crippen LogP) is 3.71. The van der Waals surface area contributed by atoms with E-state index in [4.69, 9.17) is 4.74 Å². The minimum absolute atomic E-state index is 0.337. The molecule has 1 saturated carbocycles. The van der Waals surface area contributed by atoms with Crippen LogP contribution in [0.2, 0.25) is 0 Å². The fraction of sp³-hybridized carbons (Fsp3) is 0.462. The zero-order valence-corrected chi connectivity index (χ0v) is 11.1. The summed E-state index contributed by atoms with van der Waals surface area (Å²) in [5, 5.41) is 9.40. The maximum absolute atomic E-state index is 9.40. The van der Waals surface area contributed by atoms with Crippen LogP contribution in [0.25, 0.3) is 0 Å². The van der Waals surface area contributed by atoms with Crippen LogP contribution >= 0.6 is 15.9 Å². The Morgan fingerprint density at radius 3 is 2.56 bits per heavy atom. The number of nitrogens with zero attached hydrogens (tertiary/aromatic N) is 1. The normalized spacial score (nSPS) is 17.4. The highest BCUT2D eigenvalue weighted by Crippen LogP contribution is 2.50. The van der Waals surface area contributed by atoms with Gasteiger partial charge in [-0.05, 0) is 37.8 Å². The molecule has 0 spiro atoms. The summed E-state index contributed by atoms with van der Waals surface area (Å²) in [6, 6.07) is 6.48. The lowest BCUT2D eigenvalue weighted by Gasteiger charge is -2.37. The molecule has 3 heteroatoms. The van der Waals surface area contributed by atoms with Gasteiger partial charge in [0.05, 0.1) is 18.6 Å². The summed E-state index contributed by atoms with van der Waals surface area (Å²) in [4.78, 5) is 0. The average Bonchev–Trinajstić information content (AvgIpc) is 2.22. The van der Waals surface area contributed by atoms with Gasteiger partial charge in [0.15, 0.2) is 0 Å². The lowest BCUT2D eigenvalue weighted by atomic mass is 9.65. The molecule has 0 aromatic heterocycles. The average molecular weight is 280 g/mol. The Labute approximate surface area is 104 Å². The number of aryl methyl sites for hydroxylation is 1. The summed E-state index contributed by atoms with van der Waals surface area (Å²) in [6.07, 6.45) is 2.99. The van der Waals surface area contributed by atoms with Crippen molar-refractivity contribution >= 4 is 15.9 Å². The first kappa shape index (κ1) is 11.5. The molecule has 0 aliphatic heterocycles. The minimum Gasteiger partial charge on any atom is -0.496 e. The molecular weight excluding hydrogens is 266 g/mol. The van der Waals surface area contributed by atoms with Crippen molar-refractivity contribution in [1.29, 1.82) is 5.26 Å². The van der Waals surface area contributed by atoms with Crippen molar-refractivity contribution in [2.24, 2.45) is 0 Å². The van der Waals surface area contributed by atoms with Gasteiger partial charge in [-0.15, -0.1) is 0 Å². The van der Waals surface area contributed by atoms with Crippen LogP contribution < -0.4 is 4.74 Å². The molecule has 0 unspecified atom stereocenters. The van der Waals surface area contributed by atoms with Gasteiger partial charge in [0.2, 0.25) is 0 Å². The number of methoxy groups -OCH3 is 1. The minimum atomic E-state index is -0.337. The second-order valence-electron chi connectivity index (χ2n) is 4.32. The summed E-state index contributed by atoms with van der Waals surface area (Å²) >= 11 is 3.54. The van der Waals surface area contributed by atoms with Crippen LogP contribution in [0.3, 0.4) is 0 Å². The Balaban J connectivity index is 2.63. The molecule has 0 amide bonds. The number of halogens is 1. The Hall–Kier alpha value is -1.01. The van der Waals surface area contributed by atoms with Crippen molar-refractivity contribution in [3.63, 3.8) is 0 Å². The number of hydrogen-bond donors (Lipinski definition) is 0. The first-order valence-electron chi connectivity index (χ1n) is 5.39. The summed E-state index contributed by atoms with van der Waals surface area (Å²) < 4.78 is 6.44. The van der Waals surface area contributed by atoms with Gasteiger partial charge in [0.1, 0.15) is 5.75 Å². The van der Waals surface area contributed by atoms with Gasteiger partial charge in [-0.3, -0.25) is 0 Å². The van der Waals surface area contributed by atoms with Crippen LogP contribution in [-0.4, -0.2) is 7.11 Å². The monoisotopic (exact) mass is 279 g/mol. The van der Waals surface area contributed by atoms with E-state index >= 15 is 0 Å². The van der Waals surface area contributed by atoms with Crippen LogP contribution in [0.15, 0.2) is 16.6 Å². The second kappa shape index (κ2) is 4.10. The zero-order chi connectivity index (χ0) is 11.8. The highest BCUT2D eigenvalue weighted by molar-refractivity contribution is 9.10. The number of benzene rings is 1. The fourth-order valence-corrected chi connectivity index (χ4v) is 3.01. The van der Waals surface area contributed by atoms with Crippen LogP contribution in [0.1, 0.15) is 30.4 Å². The maximum atomic E-state index is 9.40. The molecule has 0 atom stereocenters. The summed E-state index contributed by atoms with van der Waals surface area (Å²) in [5.74, 6) is 0.857. The number of ether oxygens (including phenoxy) is 1. The van der Waals surface area contributed by atoms with Crippen LogP contribution in [-0.2, 0) is 5.41 Å². The fourth-order valence-electron chi connectivity index (χ4n) is 2.32. The molecule has 0 heterocycles. The highest BCUT2D eigenvalue weighted by atomic mass is 79.9. The summed E-state index contributed by atoms with van der Waals surface area (Å²) in [7, 11) is 1.67. The topological polar surface area (TPSA) is 33.0 Å². The molecule has 1 aliphatic carbocycles. The van der Waals surface area contributed by atoms with E-state index in [2.05, 4.69) is 22.0 Å². The van der Waals surface area contributed by atoms with Gasteiger partial charge in [-0.1, -0.05) is 22.0 Å². The Kier molecular flexibility index (Phi) is 2.94. The lowest BCUT2D eigenvalue weighted by Crippen LogP contribution is -2.33. The van der Waals surface area contributed by atoms with E-state index in [-0.39, 0.29) is 5.41 Å². The first-order chi connectivity index (χ1) is 7.64. The summed E-state index contributed by atoms with van der Waals surface area (Å²) in [5.41, 5.74) is 1.78. The third kappa shape index (κ3) is 1.53. The molecule has 1 aromatic carbocycles. The molecule has 1 aromatic rings. The molecule has 1 aliphatic rings. The van der Waals surface area contributed by atoms with E-state index in [1.54, 1.807) is 7.11 Å². The molecular formula is C13H14BrNO.